The monoisotopic (exact) mass is 421 g/mol. The minimum Gasteiger partial charge on any atom is -0.493 e. The van der Waals surface area contributed by atoms with Crippen LogP contribution >= 0.6 is 27.7 Å². The zero-order valence-electron chi connectivity index (χ0n) is 13.9. The molecule has 0 radical (unpaired) electrons. The number of H-pyrrole nitrogens is 1. The lowest BCUT2D eigenvalue weighted by atomic mass is 10.1. The summed E-state index contributed by atoms with van der Waals surface area (Å²) >= 11 is 4.79. The van der Waals surface area contributed by atoms with E-state index in [2.05, 4.69) is 30.9 Å². The smallest absolute Gasteiger partial charge is 0.178 e. The van der Waals surface area contributed by atoms with Gasteiger partial charge in [-0.05, 0) is 47.1 Å². The number of hydrogen-bond acceptors (Lipinski definition) is 6. The Morgan fingerprint density at radius 2 is 1.96 bits per heavy atom. The molecule has 0 saturated heterocycles. The molecule has 1 N–H and O–H groups in total. The van der Waals surface area contributed by atoms with Crippen LogP contribution in [0.4, 0.5) is 0 Å². The number of aromatic amines is 1. The van der Waals surface area contributed by atoms with Crippen molar-refractivity contribution < 1.29 is 14.3 Å². The predicted molar refractivity (Wildman–Crippen MR) is 101 cm³/mol. The molecule has 3 aromatic rings. The molecule has 8 heteroatoms. The minimum absolute atomic E-state index is 0.0169. The molecule has 0 fully saturated rings. The number of halogens is 1. The fourth-order valence-corrected chi connectivity index (χ4v) is 3.37. The van der Waals surface area contributed by atoms with Crippen molar-refractivity contribution in [2.24, 2.45) is 0 Å². The summed E-state index contributed by atoms with van der Waals surface area (Å²) in [6.45, 7) is 1.91. The Morgan fingerprint density at radius 3 is 2.68 bits per heavy atom. The predicted octanol–water partition coefficient (Wildman–Crippen LogP) is 4.02. The Bertz CT molecular complexity index is 903. The summed E-state index contributed by atoms with van der Waals surface area (Å²) < 4.78 is 11.3. The van der Waals surface area contributed by atoms with Gasteiger partial charge in [-0.2, -0.15) is 0 Å². The number of benzene rings is 1. The van der Waals surface area contributed by atoms with E-state index >= 15 is 0 Å². The highest BCUT2D eigenvalue weighted by molar-refractivity contribution is 9.10. The Kier molecular flexibility index (Phi) is 5.29. The maximum atomic E-state index is 12.4. The number of methoxy groups -OCH3 is 2. The third kappa shape index (κ3) is 3.80. The van der Waals surface area contributed by atoms with Crippen molar-refractivity contribution in [1.82, 2.24) is 15.0 Å². The number of rotatable bonds is 6. The Morgan fingerprint density at radius 1 is 1.20 bits per heavy atom. The van der Waals surface area contributed by atoms with Crippen LogP contribution in [0.5, 0.6) is 11.5 Å². The number of aromatic nitrogens is 3. The molecule has 130 valence electrons. The van der Waals surface area contributed by atoms with Crippen LogP contribution in [0, 0.1) is 6.92 Å². The third-order valence-electron chi connectivity index (χ3n) is 3.63. The fourth-order valence-electron chi connectivity index (χ4n) is 2.28. The normalized spacial score (nSPS) is 10.9. The molecule has 2 aromatic heterocycles. The lowest BCUT2D eigenvalue weighted by molar-refractivity contribution is 0.102. The number of thioether (sulfide) groups is 1. The number of ether oxygens (including phenoxy) is 2. The number of hydrogen-bond donors (Lipinski definition) is 1. The van der Waals surface area contributed by atoms with Gasteiger partial charge in [0.1, 0.15) is 0 Å². The van der Waals surface area contributed by atoms with E-state index in [1.54, 1.807) is 32.4 Å². The van der Waals surface area contributed by atoms with Crippen molar-refractivity contribution in [3.8, 4) is 11.5 Å². The highest BCUT2D eigenvalue weighted by Crippen LogP contribution is 2.29. The van der Waals surface area contributed by atoms with E-state index < -0.39 is 0 Å². The van der Waals surface area contributed by atoms with Crippen LogP contribution in [0.1, 0.15) is 16.1 Å². The molecule has 0 aliphatic carbocycles. The van der Waals surface area contributed by atoms with E-state index in [0.29, 0.717) is 27.9 Å². The number of ketones is 1. The lowest BCUT2D eigenvalue weighted by Crippen LogP contribution is -2.03. The Hall–Kier alpha value is -2.06. The molecule has 1 aromatic carbocycles. The highest BCUT2D eigenvalue weighted by Gasteiger charge is 2.13. The van der Waals surface area contributed by atoms with E-state index in [4.69, 9.17) is 9.47 Å². The second-order valence-electron chi connectivity index (χ2n) is 5.25. The van der Waals surface area contributed by atoms with Crippen molar-refractivity contribution >= 4 is 44.6 Å². The largest absolute Gasteiger partial charge is 0.493 e. The first-order valence-corrected chi connectivity index (χ1v) is 9.20. The Balaban J connectivity index is 1.74. The lowest BCUT2D eigenvalue weighted by Gasteiger charge is -2.08. The molecule has 3 rings (SSSR count). The van der Waals surface area contributed by atoms with Gasteiger partial charge < -0.3 is 14.5 Å². The molecule has 0 aliphatic heterocycles. The molecule has 0 spiro atoms. The molecule has 25 heavy (non-hydrogen) atoms. The molecular formula is C17H16BrN3O3S. The van der Waals surface area contributed by atoms with E-state index in [0.717, 1.165) is 15.7 Å². The van der Waals surface area contributed by atoms with Gasteiger partial charge in [-0.25, -0.2) is 9.97 Å². The molecule has 0 bridgehead atoms. The number of fused-ring (bicyclic) bond motifs is 1. The van der Waals surface area contributed by atoms with Gasteiger partial charge in [-0.15, -0.1) is 0 Å². The second-order valence-corrected chi connectivity index (χ2v) is 7.07. The first kappa shape index (κ1) is 17.8. The van der Waals surface area contributed by atoms with Gasteiger partial charge in [0.2, 0.25) is 0 Å². The summed E-state index contributed by atoms with van der Waals surface area (Å²) in [5.74, 6) is 1.37. The van der Waals surface area contributed by atoms with Crippen molar-refractivity contribution in [1.29, 1.82) is 0 Å². The summed E-state index contributed by atoms with van der Waals surface area (Å²) in [4.78, 5) is 24.4. The van der Waals surface area contributed by atoms with E-state index in [1.807, 2.05) is 13.0 Å². The summed E-state index contributed by atoms with van der Waals surface area (Å²) in [6.07, 6.45) is 0. The number of carbonyl (C=O) groups excluding carboxylic acids is 1. The van der Waals surface area contributed by atoms with Gasteiger partial charge in [-0.1, -0.05) is 11.8 Å². The number of Topliss-reactive ketones (excluding diaryl/α,β-unsaturated/α-hetero) is 1. The van der Waals surface area contributed by atoms with Crippen molar-refractivity contribution in [2.75, 3.05) is 20.0 Å². The zero-order valence-corrected chi connectivity index (χ0v) is 16.3. The standard InChI is InChI=1S/C17H16BrN3O3S/c1-9-11(18)7-12-16(19-9)21-17(20-12)25-8-13(22)10-4-5-14(23-2)15(6-10)24-3/h4-7H,8H2,1-3H3,(H,19,20,21). The van der Waals surface area contributed by atoms with Crippen molar-refractivity contribution in [2.45, 2.75) is 12.1 Å². The van der Waals surface area contributed by atoms with Gasteiger partial charge in [0, 0.05) is 10.0 Å². The SMILES string of the molecule is COc1ccc(C(=O)CSc2nc3nc(C)c(Br)cc3[nH]2)cc1OC. The molecular weight excluding hydrogens is 406 g/mol. The summed E-state index contributed by atoms with van der Waals surface area (Å²) in [6, 6.07) is 7.07. The van der Waals surface area contributed by atoms with Crippen molar-refractivity contribution in [3.05, 3.63) is 40.0 Å². The number of nitrogens with zero attached hydrogens (tertiary/aromatic N) is 2. The number of carbonyl (C=O) groups is 1. The van der Waals surface area contributed by atoms with E-state index in [1.165, 1.54) is 11.8 Å². The zero-order chi connectivity index (χ0) is 18.0. The van der Waals surface area contributed by atoms with Crippen LogP contribution in [0.25, 0.3) is 11.2 Å². The molecule has 0 atom stereocenters. The van der Waals surface area contributed by atoms with Gasteiger partial charge in [0.15, 0.2) is 28.1 Å². The number of pyridine rings is 1. The maximum absolute atomic E-state index is 12.4. The third-order valence-corrected chi connectivity index (χ3v) is 5.30. The fraction of sp³-hybridized carbons (Fsp3) is 0.235. The van der Waals surface area contributed by atoms with Crippen LogP contribution in [0.2, 0.25) is 0 Å². The van der Waals surface area contributed by atoms with Crippen LogP contribution in [-0.4, -0.2) is 40.7 Å². The highest BCUT2D eigenvalue weighted by atomic mass is 79.9. The topological polar surface area (TPSA) is 77.1 Å². The van der Waals surface area contributed by atoms with E-state index in [9.17, 15) is 4.79 Å². The molecule has 2 heterocycles. The molecule has 0 amide bonds. The molecule has 6 nitrogen and oxygen atoms in total. The van der Waals surface area contributed by atoms with Gasteiger partial charge in [-0.3, -0.25) is 4.79 Å². The number of aryl methyl sites for hydroxylation is 1. The van der Waals surface area contributed by atoms with Crippen LogP contribution < -0.4 is 9.47 Å². The van der Waals surface area contributed by atoms with Crippen LogP contribution in [0.3, 0.4) is 0 Å². The van der Waals surface area contributed by atoms with Crippen LogP contribution in [0.15, 0.2) is 33.9 Å². The van der Waals surface area contributed by atoms with E-state index in [-0.39, 0.29) is 11.5 Å². The summed E-state index contributed by atoms with van der Waals surface area (Å²) in [7, 11) is 3.10. The average Bonchev–Trinajstić information content (AvgIpc) is 3.01. The first-order chi connectivity index (χ1) is 12.0. The molecule has 0 unspecified atom stereocenters. The average molecular weight is 422 g/mol. The van der Waals surface area contributed by atoms with Crippen molar-refractivity contribution in [3.63, 3.8) is 0 Å². The second kappa shape index (κ2) is 7.45. The number of imidazole rings is 1. The maximum Gasteiger partial charge on any atom is 0.178 e. The van der Waals surface area contributed by atoms with Gasteiger partial charge in [0.05, 0.1) is 31.2 Å². The summed E-state index contributed by atoms with van der Waals surface area (Å²) in [5, 5.41) is 0.661. The quantitative estimate of drug-likeness (QED) is 0.478. The first-order valence-electron chi connectivity index (χ1n) is 7.42. The van der Waals surface area contributed by atoms with Gasteiger partial charge >= 0.3 is 0 Å². The molecule has 0 saturated carbocycles. The minimum atomic E-state index is -0.0169. The molecule has 0 aliphatic rings. The van der Waals surface area contributed by atoms with Gasteiger partial charge in [0.25, 0.3) is 0 Å². The summed E-state index contributed by atoms with van der Waals surface area (Å²) in [5.41, 5.74) is 2.91. The Labute approximate surface area is 157 Å². The van der Waals surface area contributed by atoms with Crippen LogP contribution in [-0.2, 0) is 0 Å². The number of nitrogens with one attached hydrogen (secondary N) is 1.